The van der Waals surface area contributed by atoms with Crippen LogP contribution in [0.3, 0.4) is 0 Å². The molecule has 1 saturated carbocycles. The number of hydrogen-bond acceptors (Lipinski definition) is 3. The number of aromatic nitrogens is 2. The maximum atomic E-state index is 13.0. The highest BCUT2D eigenvalue weighted by Crippen LogP contribution is 2.43. The highest BCUT2D eigenvalue weighted by Gasteiger charge is 2.47. The van der Waals surface area contributed by atoms with E-state index in [4.69, 9.17) is 5.10 Å². The number of carbonyl (C=O) groups excluding carboxylic acids is 2. The molecule has 3 aliphatic rings. The van der Waals surface area contributed by atoms with Gasteiger partial charge in [-0.3, -0.25) is 14.5 Å². The Balaban J connectivity index is 1.59. The Morgan fingerprint density at radius 3 is 2.50 bits per heavy atom. The van der Waals surface area contributed by atoms with Crippen LogP contribution in [0, 0.1) is 18.3 Å². The van der Waals surface area contributed by atoms with Crippen molar-refractivity contribution in [3.05, 3.63) is 11.8 Å². The number of anilines is 1. The molecule has 4 rings (SSSR count). The van der Waals surface area contributed by atoms with Gasteiger partial charge in [0.05, 0.1) is 17.7 Å². The summed E-state index contributed by atoms with van der Waals surface area (Å²) >= 11 is 0. The van der Waals surface area contributed by atoms with Crippen molar-refractivity contribution in [1.29, 1.82) is 0 Å². The van der Waals surface area contributed by atoms with Crippen LogP contribution < -0.4 is 4.90 Å². The lowest BCUT2D eigenvalue weighted by molar-refractivity contribution is -0.142. The summed E-state index contributed by atoms with van der Waals surface area (Å²) in [6.45, 7) is 10.1. The number of rotatable bonds is 2. The lowest BCUT2D eigenvalue weighted by Crippen LogP contribution is -2.56. The average molecular weight is 358 g/mol. The van der Waals surface area contributed by atoms with Crippen molar-refractivity contribution in [3.8, 4) is 0 Å². The van der Waals surface area contributed by atoms with Gasteiger partial charge in [0, 0.05) is 31.1 Å². The zero-order valence-electron chi connectivity index (χ0n) is 16.4. The monoisotopic (exact) mass is 358 g/mol. The molecule has 0 aromatic carbocycles. The Kier molecular flexibility index (Phi) is 3.93. The molecule has 0 N–H and O–H groups in total. The molecule has 1 aromatic heterocycles. The van der Waals surface area contributed by atoms with Crippen molar-refractivity contribution in [1.82, 2.24) is 14.7 Å². The van der Waals surface area contributed by atoms with Crippen LogP contribution in [0.1, 0.15) is 58.6 Å². The predicted molar refractivity (Wildman–Crippen MR) is 99.9 cm³/mol. The van der Waals surface area contributed by atoms with E-state index in [1.54, 1.807) is 0 Å². The van der Waals surface area contributed by atoms with E-state index in [1.165, 1.54) is 12.8 Å². The van der Waals surface area contributed by atoms with Crippen LogP contribution >= 0.6 is 0 Å². The fourth-order valence-corrected chi connectivity index (χ4v) is 4.35. The van der Waals surface area contributed by atoms with Gasteiger partial charge in [0.2, 0.25) is 11.8 Å². The topological polar surface area (TPSA) is 58.4 Å². The zero-order chi connectivity index (χ0) is 18.7. The lowest BCUT2D eigenvalue weighted by Gasteiger charge is -2.47. The van der Waals surface area contributed by atoms with E-state index in [0.29, 0.717) is 25.4 Å². The van der Waals surface area contributed by atoms with Crippen molar-refractivity contribution >= 4 is 17.6 Å². The number of piperidine rings is 1. The molecule has 142 valence electrons. The van der Waals surface area contributed by atoms with Gasteiger partial charge in [-0.05, 0) is 38.5 Å². The Labute approximate surface area is 155 Å². The number of likely N-dealkylation sites (tertiary alicyclic amines) is 1. The molecular formula is C20H30N4O2. The first-order valence-electron chi connectivity index (χ1n) is 9.86. The zero-order valence-corrected chi connectivity index (χ0v) is 16.4. The van der Waals surface area contributed by atoms with Gasteiger partial charge < -0.3 is 4.90 Å². The van der Waals surface area contributed by atoms with Crippen LogP contribution in [0.5, 0.6) is 0 Å². The van der Waals surface area contributed by atoms with E-state index in [1.807, 2.05) is 43.6 Å². The largest absolute Gasteiger partial charge is 0.342 e. The summed E-state index contributed by atoms with van der Waals surface area (Å²) in [5.41, 5.74) is 0.333. The highest BCUT2D eigenvalue weighted by molar-refractivity contribution is 5.95. The second-order valence-electron chi connectivity index (χ2n) is 9.45. The fourth-order valence-electron chi connectivity index (χ4n) is 4.35. The van der Waals surface area contributed by atoms with Gasteiger partial charge in [-0.15, -0.1) is 0 Å². The van der Waals surface area contributed by atoms with Crippen molar-refractivity contribution < 1.29 is 9.59 Å². The summed E-state index contributed by atoms with van der Waals surface area (Å²) in [6, 6.07) is 2.05. The van der Waals surface area contributed by atoms with E-state index in [0.717, 1.165) is 30.9 Å². The third-order valence-corrected chi connectivity index (χ3v) is 6.08. The fraction of sp³-hybridized carbons (Fsp3) is 0.750. The number of nitrogens with zero attached hydrogens (tertiary/aromatic N) is 4. The van der Waals surface area contributed by atoms with Gasteiger partial charge in [-0.25, -0.2) is 4.68 Å². The van der Waals surface area contributed by atoms with E-state index in [-0.39, 0.29) is 22.8 Å². The maximum absolute atomic E-state index is 13.0. The Morgan fingerprint density at radius 2 is 1.92 bits per heavy atom. The predicted octanol–water partition coefficient (Wildman–Crippen LogP) is 2.70. The van der Waals surface area contributed by atoms with Crippen molar-refractivity contribution in [2.24, 2.45) is 11.3 Å². The molecule has 2 fully saturated rings. The van der Waals surface area contributed by atoms with Gasteiger partial charge in [-0.2, -0.15) is 5.10 Å². The third-order valence-electron chi connectivity index (χ3n) is 6.08. The SMILES string of the molecule is Cc1cc2n(n1)C1(CCN(C(=O)C(C)(C)C)CC1)CC(=O)N2CC1CC1. The Bertz CT molecular complexity index is 733. The van der Waals surface area contributed by atoms with E-state index in [2.05, 4.69) is 4.68 Å². The standard InChI is InChI=1S/C20H30N4O2/c1-14-11-16-23(13-15-5-6-15)17(25)12-20(24(16)21-14)7-9-22(10-8-20)18(26)19(2,3)4/h11,15H,5-10,12-13H2,1-4H3. The summed E-state index contributed by atoms with van der Waals surface area (Å²) in [7, 11) is 0. The molecule has 6 nitrogen and oxygen atoms in total. The van der Waals surface area contributed by atoms with Crippen molar-refractivity contribution in [2.45, 2.75) is 65.3 Å². The first-order chi connectivity index (χ1) is 12.2. The van der Waals surface area contributed by atoms with Crippen molar-refractivity contribution in [2.75, 3.05) is 24.5 Å². The molecule has 2 aliphatic heterocycles. The first kappa shape index (κ1) is 17.6. The molecule has 1 spiro atoms. The summed E-state index contributed by atoms with van der Waals surface area (Å²) in [5, 5.41) is 4.78. The van der Waals surface area contributed by atoms with Crippen LogP contribution in [-0.2, 0) is 15.1 Å². The average Bonchev–Trinajstić information content (AvgIpc) is 3.30. The third kappa shape index (κ3) is 2.93. The Hall–Kier alpha value is -1.85. The minimum Gasteiger partial charge on any atom is -0.342 e. The van der Waals surface area contributed by atoms with Crippen LogP contribution in [-0.4, -0.2) is 46.1 Å². The highest BCUT2D eigenvalue weighted by atomic mass is 16.2. The molecule has 6 heteroatoms. The first-order valence-corrected chi connectivity index (χ1v) is 9.86. The van der Waals surface area contributed by atoms with Crippen LogP contribution in [0.25, 0.3) is 0 Å². The van der Waals surface area contributed by atoms with Gasteiger partial charge in [-0.1, -0.05) is 20.8 Å². The van der Waals surface area contributed by atoms with E-state index in [9.17, 15) is 9.59 Å². The van der Waals surface area contributed by atoms with Gasteiger partial charge in [0.1, 0.15) is 5.82 Å². The number of aryl methyl sites for hydroxylation is 1. The molecule has 0 bridgehead atoms. The summed E-state index contributed by atoms with van der Waals surface area (Å²) in [4.78, 5) is 29.5. The van der Waals surface area contributed by atoms with Crippen molar-refractivity contribution in [3.63, 3.8) is 0 Å². The quantitative estimate of drug-likeness (QED) is 0.817. The molecule has 2 amide bonds. The second-order valence-corrected chi connectivity index (χ2v) is 9.45. The summed E-state index contributed by atoms with van der Waals surface area (Å²) in [5.74, 6) is 2.03. The molecular weight excluding hydrogens is 328 g/mol. The molecule has 0 radical (unpaired) electrons. The van der Waals surface area contributed by atoms with E-state index < -0.39 is 0 Å². The molecule has 3 heterocycles. The molecule has 1 saturated heterocycles. The molecule has 1 aromatic rings. The normalized spacial score (nSPS) is 22.7. The van der Waals surface area contributed by atoms with Crippen LogP contribution in [0.2, 0.25) is 0 Å². The molecule has 0 atom stereocenters. The van der Waals surface area contributed by atoms with Gasteiger partial charge in [0.25, 0.3) is 0 Å². The molecule has 0 unspecified atom stereocenters. The number of carbonyl (C=O) groups is 2. The summed E-state index contributed by atoms with van der Waals surface area (Å²) < 4.78 is 2.12. The van der Waals surface area contributed by atoms with Crippen LogP contribution in [0.15, 0.2) is 6.07 Å². The smallest absolute Gasteiger partial charge is 0.230 e. The number of fused-ring (bicyclic) bond motifs is 2. The molecule has 26 heavy (non-hydrogen) atoms. The second kappa shape index (κ2) is 5.83. The lowest BCUT2D eigenvalue weighted by atomic mass is 9.81. The number of hydrogen-bond donors (Lipinski definition) is 0. The van der Waals surface area contributed by atoms with Gasteiger partial charge in [0.15, 0.2) is 0 Å². The number of amides is 2. The van der Waals surface area contributed by atoms with Crippen LogP contribution in [0.4, 0.5) is 5.82 Å². The minimum atomic E-state index is -0.360. The maximum Gasteiger partial charge on any atom is 0.230 e. The Morgan fingerprint density at radius 1 is 1.27 bits per heavy atom. The van der Waals surface area contributed by atoms with Gasteiger partial charge >= 0.3 is 0 Å². The summed E-state index contributed by atoms with van der Waals surface area (Å²) in [6.07, 6.45) is 4.56. The van der Waals surface area contributed by atoms with E-state index >= 15 is 0 Å². The molecule has 1 aliphatic carbocycles. The minimum absolute atomic E-state index is 0.196.